The molecular weight excluding hydrogens is 464 g/mol. The molecule has 3 aliphatic rings. The summed E-state index contributed by atoms with van der Waals surface area (Å²) in [4.78, 5) is 27.4. The maximum atomic E-state index is 13.3. The molecule has 2 saturated heterocycles. The highest BCUT2D eigenvalue weighted by atomic mass is 16.3. The molecular formula is C29H46N6O2. The largest absolute Gasteiger partial charge is 0.393 e. The van der Waals surface area contributed by atoms with E-state index in [2.05, 4.69) is 46.8 Å². The van der Waals surface area contributed by atoms with Gasteiger partial charge < -0.3 is 19.9 Å². The van der Waals surface area contributed by atoms with Crippen LogP contribution >= 0.6 is 0 Å². The van der Waals surface area contributed by atoms with Gasteiger partial charge in [0.25, 0.3) is 0 Å². The molecule has 2 aliphatic heterocycles. The molecule has 204 valence electrons. The summed E-state index contributed by atoms with van der Waals surface area (Å²) in [5, 5.41) is 14.7. The van der Waals surface area contributed by atoms with Crippen molar-refractivity contribution in [3.05, 3.63) is 18.0 Å². The summed E-state index contributed by atoms with van der Waals surface area (Å²) >= 11 is 0. The number of nitrogens with one attached hydrogen (secondary N) is 1. The van der Waals surface area contributed by atoms with Crippen LogP contribution in [-0.2, 0) is 4.79 Å². The molecule has 37 heavy (non-hydrogen) atoms. The highest BCUT2D eigenvalue weighted by Crippen LogP contribution is 2.38. The zero-order chi connectivity index (χ0) is 25.9. The number of fused-ring (bicyclic) bond motifs is 1. The van der Waals surface area contributed by atoms with Crippen LogP contribution < -0.4 is 5.32 Å². The van der Waals surface area contributed by atoms with Crippen LogP contribution in [0, 0.1) is 0 Å². The fourth-order valence-electron chi connectivity index (χ4n) is 6.80. The number of nitrogens with zero attached hydrogens (tertiary/aromatic N) is 5. The monoisotopic (exact) mass is 510 g/mol. The van der Waals surface area contributed by atoms with Gasteiger partial charge in [0.1, 0.15) is 5.65 Å². The molecule has 2 N–H and O–H groups in total. The third-order valence-corrected chi connectivity index (χ3v) is 9.06. The van der Waals surface area contributed by atoms with Crippen molar-refractivity contribution in [3.8, 4) is 0 Å². The van der Waals surface area contributed by atoms with Crippen molar-refractivity contribution >= 4 is 22.9 Å². The van der Waals surface area contributed by atoms with Gasteiger partial charge in [-0.05, 0) is 89.8 Å². The predicted molar refractivity (Wildman–Crippen MR) is 148 cm³/mol. The summed E-state index contributed by atoms with van der Waals surface area (Å²) in [6, 6.07) is 0.752. The standard InChI is InChI=1S/C29H46N6O2/c1-4-7-20(2)31-29-30-18-24-25(19-35(27(24)32-29)22-9-11-23(36)12-10-22)21-13-16-34(17-14-21)28(37)26-8-5-6-15-33(26)3/h18-23,26,36H,4-17H2,1-3H3,(H,30,31,32). The van der Waals surface area contributed by atoms with Crippen LogP contribution in [0.25, 0.3) is 11.0 Å². The number of piperidine rings is 2. The van der Waals surface area contributed by atoms with E-state index in [0.717, 1.165) is 94.9 Å². The minimum absolute atomic E-state index is 0.0586. The van der Waals surface area contributed by atoms with Crippen molar-refractivity contribution in [2.75, 3.05) is 32.0 Å². The number of anilines is 1. The molecule has 1 aliphatic carbocycles. The second-order valence-corrected chi connectivity index (χ2v) is 11.8. The van der Waals surface area contributed by atoms with E-state index in [1.54, 1.807) is 0 Å². The molecule has 2 unspecified atom stereocenters. The second kappa shape index (κ2) is 11.7. The lowest BCUT2D eigenvalue weighted by atomic mass is 9.89. The first-order valence-electron chi connectivity index (χ1n) is 14.8. The van der Waals surface area contributed by atoms with Gasteiger partial charge in [0.2, 0.25) is 11.9 Å². The lowest BCUT2D eigenvalue weighted by Gasteiger charge is -2.38. The smallest absolute Gasteiger partial charge is 0.239 e. The molecule has 8 nitrogen and oxygen atoms in total. The van der Waals surface area contributed by atoms with E-state index in [0.29, 0.717) is 29.9 Å². The van der Waals surface area contributed by atoms with Crippen molar-refractivity contribution in [2.24, 2.45) is 0 Å². The summed E-state index contributed by atoms with van der Waals surface area (Å²) in [5.41, 5.74) is 2.34. The Morgan fingerprint density at radius 2 is 1.86 bits per heavy atom. The normalized spacial score (nSPS) is 26.9. The number of carbonyl (C=O) groups is 1. The van der Waals surface area contributed by atoms with Crippen LogP contribution in [0.4, 0.5) is 5.95 Å². The molecule has 4 heterocycles. The van der Waals surface area contributed by atoms with Crippen molar-refractivity contribution in [1.29, 1.82) is 0 Å². The molecule has 1 amide bonds. The Morgan fingerprint density at radius 1 is 1.11 bits per heavy atom. The quantitative estimate of drug-likeness (QED) is 0.562. The Bertz CT molecular complexity index is 1050. The highest BCUT2D eigenvalue weighted by molar-refractivity contribution is 5.83. The van der Waals surface area contributed by atoms with Gasteiger partial charge in [0.05, 0.1) is 12.1 Å². The topological polar surface area (TPSA) is 86.5 Å². The number of hydrogen-bond donors (Lipinski definition) is 2. The fourth-order valence-corrected chi connectivity index (χ4v) is 6.80. The van der Waals surface area contributed by atoms with E-state index < -0.39 is 0 Å². The van der Waals surface area contributed by atoms with Crippen molar-refractivity contribution in [1.82, 2.24) is 24.3 Å². The van der Waals surface area contributed by atoms with Gasteiger partial charge in [-0.15, -0.1) is 0 Å². The molecule has 1 saturated carbocycles. The molecule has 0 bridgehead atoms. The highest BCUT2D eigenvalue weighted by Gasteiger charge is 2.33. The van der Waals surface area contributed by atoms with Gasteiger partial charge in [0, 0.05) is 43.0 Å². The summed E-state index contributed by atoms with van der Waals surface area (Å²) in [6.07, 6.45) is 15.3. The van der Waals surface area contributed by atoms with E-state index in [-0.39, 0.29) is 12.1 Å². The predicted octanol–water partition coefficient (Wildman–Crippen LogP) is 4.70. The van der Waals surface area contributed by atoms with Gasteiger partial charge >= 0.3 is 0 Å². The van der Waals surface area contributed by atoms with Crippen LogP contribution in [0.2, 0.25) is 0 Å². The summed E-state index contributed by atoms with van der Waals surface area (Å²) in [7, 11) is 2.10. The van der Waals surface area contributed by atoms with Crippen LogP contribution in [-0.4, -0.2) is 80.2 Å². The SMILES string of the molecule is CCCC(C)Nc1ncc2c(C3CCN(C(=O)C4CCCCN4C)CC3)cn(C3CCC(O)CC3)c2n1. The Labute approximate surface area is 221 Å². The third kappa shape index (κ3) is 5.80. The molecule has 0 spiro atoms. The zero-order valence-electron chi connectivity index (χ0n) is 23.0. The Kier molecular flexibility index (Phi) is 8.34. The number of likely N-dealkylation sites (tertiary alicyclic amines) is 2. The molecule has 2 atom stereocenters. The second-order valence-electron chi connectivity index (χ2n) is 11.8. The molecule has 8 heteroatoms. The van der Waals surface area contributed by atoms with Gasteiger partial charge in [-0.25, -0.2) is 4.98 Å². The maximum Gasteiger partial charge on any atom is 0.239 e. The number of amides is 1. The minimum Gasteiger partial charge on any atom is -0.393 e. The van der Waals surface area contributed by atoms with Gasteiger partial charge in [-0.1, -0.05) is 19.8 Å². The molecule has 5 rings (SSSR count). The molecule has 2 aromatic rings. The molecule has 0 aromatic carbocycles. The van der Waals surface area contributed by atoms with E-state index >= 15 is 0 Å². The van der Waals surface area contributed by atoms with Crippen LogP contribution in [0.1, 0.15) is 102 Å². The lowest BCUT2D eigenvalue weighted by molar-refractivity contribution is -0.138. The fraction of sp³-hybridized carbons (Fsp3) is 0.759. The third-order valence-electron chi connectivity index (χ3n) is 9.06. The zero-order valence-corrected chi connectivity index (χ0v) is 23.0. The van der Waals surface area contributed by atoms with Crippen molar-refractivity contribution in [3.63, 3.8) is 0 Å². The minimum atomic E-state index is -0.177. The van der Waals surface area contributed by atoms with Gasteiger partial charge in [0.15, 0.2) is 0 Å². The summed E-state index contributed by atoms with van der Waals surface area (Å²) < 4.78 is 2.38. The van der Waals surface area contributed by atoms with E-state index in [4.69, 9.17) is 9.97 Å². The number of rotatable bonds is 7. The van der Waals surface area contributed by atoms with Crippen LogP contribution in [0.5, 0.6) is 0 Å². The Hall–Kier alpha value is -2.19. The molecule has 0 radical (unpaired) electrons. The lowest BCUT2D eigenvalue weighted by Crippen LogP contribution is -2.51. The number of aliphatic hydroxyl groups excluding tert-OH is 1. The Morgan fingerprint density at radius 3 is 2.57 bits per heavy atom. The number of hydrogen-bond acceptors (Lipinski definition) is 6. The number of likely N-dealkylation sites (N-methyl/N-ethyl adjacent to an activating group) is 1. The number of aromatic nitrogens is 3. The maximum absolute atomic E-state index is 13.3. The van der Waals surface area contributed by atoms with Gasteiger partial charge in [-0.2, -0.15) is 4.98 Å². The van der Waals surface area contributed by atoms with Crippen molar-refractivity contribution in [2.45, 2.75) is 115 Å². The molecule has 3 fully saturated rings. The number of carbonyl (C=O) groups excluding carboxylic acids is 1. The van der Waals surface area contributed by atoms with E-state index in [1.165, 1.54) is 12.0 Å². The summed E-state index contributed by atoms with van der Waals surface area (Å²) in [6.45, 7) is 7.06. The summed E-state index contributed by atoms with van der Waals surface area (Å²) in [5.74, 6) is 1.43. The first-order valence-corrected chi connectivity index (χ1v) is 14.8. The van der Waals surface area contributed by atoms with Crippen LogP contribution in [0.15, 0.2) is 12.4 Å². The van der Waals surface area contributed by atoms with Crippen molar-refractivity contribution < 1.29 is 9.90 Å². The Balaban J connectivity index is 1.36. The average molecular weight is 511 g/mol. The van der Waals surface area contributed by atoms with Crippen LogP contribution in [0.3, 0.4) is 0 Å². The first-order chi connectivity index (χ1) is 17.9. The number of aliphatic hydroxyl groups is 1. The molecule has 2 aromatic heterocycles. The van der Waals surface area contributed by atoms with Gasteiger partial charge in [-0.3, -0.25) is 9.69 Å². The average Bonchev–Trinajstić information content (AvgIpc) is 3.28. The first kappa shape index (κ1) is 26.4. The van der Waals surface area contributed by atoms with E-state index in [9.17, 15) is 9.90 Å². The van der Waals surface area contributed by atoms with E-state index in [1.807, 2.05) is 6.20 Å².